The van der Waals surface area contributed by atoms with Gasteiger partial charge >= 0.3 is 0 Å². The summed E-state index contributed by atoms with van der Waals surface area (Å²) in [6.45, 7) is 2.74. The molecular weight excluding hydrogens is 266 g/mol. The molecule has 0 bridgehead atoms. The predicted molar refractivity (Wildman–Crippen MR) is 82.9 cm³/mol. The maximum atomic E-state index is 5.34. The summed E-state index contributed by atoms with van der Waals surface area (Å²) in [7, 11) is 3.29. The van der Waals surface area contributed by atoms with E-state index in [4.69, 9.17) is 9.47 Å². The summed E-state index contributed by atoms with van der Waals surface area (Å²) in [6, 6.07) is 9.71. The fraction of sp³-hybridized carbons (Fsp3) is 0.375. The molecule has 0 atom stereocenters. The molecule has 0 saturated heterocycles. The molecule has 0 aliphatic rings. The van der Waals surface area contributed by atoms with Gasteiger partial charge in [0.2, 0.25) is 5.88 Å². The Morgan fingerprint density at radius 3 is 2.62 bits per heavy atom. The maximum Gasteiger partial charge on any atom is 0.218 e. The summed E-state index contributed by atoms with van der Waals surface area (Å²) in [5.74, 6) is 2.99. The summed E-state index contributed by atoms with van der Waals surface area (Å²) < 4.78 is 10.6. The molecule has 2 aromatic rings. The molecule has 5 heteroatoms. The summed E-state index contributed by atoms with van der Waals surface area (Å²) in [6.07, 6.45) is 1.83. The highest BCUT2D eigenvalue weighted by Crippen LogP contribution is 2.20. The van der Waals surface area contributed by atoms with E-state index in [0.717, 1.165) is 35.8 Å². The van der Waals surface area contributed by atoms with Crippen LogP contribution in [0.25, 0.3) is 0 Å². The number of benzene rings is 1. The third-order valence-corrected chi connectivity index (χ3v) is 3.08. The average molecular weight is 287 g/mol. The van der Waals surface area contributed by atoms with Gasteiger partial charge in [0, 0.05) is 24.6 Å². The van der Waals surface area contributed by atoms with Crippen LogP contribution in [-0.2, 0) is 13.0 Å². The van der Waals surface area contributed by atoms with Crippen molar-refractivity contribution in [3.8, 4) is 11.6 Å². The number of nitrogens with one attached hydrogen (secondary N) is 1. The molecule has 112 valence electrons. The molecule has 1 aromatic heterocycles. The van der Waals surface area contributed by atoms with Crippen LogP contribution in [0.2, 0.25) is 0 Å². The van der Waals surface area contributed by atoms with Crippen molar-refractivity contribution < 1.29 is 9.47 Å². The van der Waals surface area contributed by atoms with Gasteiger partial charge in [-0.2, -0.15) is 4.98 Å². The Hall–Kier alpha value is -2.30. The van der Waals surface area contributed by atoms with Gasteiger partial charge in [-0.15, -0.1) is 0 Å². The first-order chi connectivity index (χ1) is 10.3. The number of hydrogen-bond acceptors (Lipinski definition) is 5. The Morgan fingerprint density at radius 2 is 1.90 bits per heavy atom. The monoisotopic (exact) mass is 287 g/mol. The van der Waals surface area contributed by atoms with Gasteiger partial charge in [0.15, 0.2) is 0 Å². The van der Waals surface area contributed by atoms with Gasteiger partial charge in [0.05, 0.1) is 14.2 Å². The van der Waals surface area contributed by atoms with E-state index in [1.807, 2.05) is 24.3 Å². The first kappa shape index (κ1) is 15.1. The van der Waals surface area contributed by atoms with Crippen molar-refractivity contribution >= 4 is 5.82 Å². The number of hydrogen-bond donors (Lipinski definition) is 1. The predicted octanol–water partition coefficient (Wildman–Crippen LogP) is 3.06. The second-order valence-electron chi connectivity index (χ2n) is 4.63. The van der Waals surface area contributed by atoms with Crippen molar-refractivity contribution in [3.63, 3.8) is 0 Å². The lowest BCUT2D eigenvalue weighted by molar-refractivity contribution is 0.395. The quantitative estimate of drug-likeness (QED) is 0.848. The minimum absolute atomic E-state index is 0.580. The average Bonchev–Trinajstić information content (AvgIpc) is 2.53. The Labute approximate surface area is 125 Å². The van der Waals surface area contributed by atoms with E-state index in [9.17, 15) is 0 Å². The fourth-order valence-corrected chi connectivity index (χ4v) is 2.04. The van der Waals surface area contributed by atoms with Crippen LogP contribution in [-0.4, -0.2) is 24.2 Å². The molecule has 1 aromatic carbocycles. The number of para-hydroxylation sites is 1. The van der Waals surface area contributed by atoms with E-state index in [1.54, 1.807) is 20.3 Å². The summed E-state index contributed by atoms with van der Waals surface area (Å²) >= 11 is 0. The summed E-state index contributed by atoms with van der Waals surface area (Å²) in [5.41, 5.74) is 1.08. The molecule has 0 spiro atoms. The van der Waals surface area contributed by atoms with Crippen molar-refractivity contribution in [2.45, 2.75) is 26.3 Å². The van der Waals surface area contributed by atoms with E-state index in [2.05, 4.69) is 22.2 Å². The number of aromatic nitrogens is 2. The number of anilines is 1. The number of methoxy groups -OCH3 is 2. The van der Waals surface area contributed by atoms with Crippen molar-refractivity contribution in [1.82, 2.24) is 9.97 Å². The van der Waals surface area contributed by atoms with Crippen LogP contribution in [0.4, 0.5) is 5.82 Å². The van der Waals surface area contributed by atoms with Gasteiger partial charge in [-0.3, -0.25) is 0 Å². The second-order valence-corrected chi connectivity index (χ2v) is 4.63. The summed E-state index contributed by atoms with van der Waals surface area (Å²) in [5, 5.41) is 3.30. The molecule has 0 aliphatic heterocycles. The van der Waals surface area contributed by atoms with Crippen LogP contribution < -0.4 is 14.8 Å². The SMILES string of the molecule is CCCc1nc(NCc2ccccc2OC)cc(OC)n1. The van der Waals surface area contributed by atoms with Crippen LogP contribution in [0.15, 0.2) is 30.3 Å². The molecule has 21 heavy (non-hydrogen) atoms. The molecule has 0 radical (unpaired) electrons. The van der Waals surface area contributed by atoms with Gasteiger partial charge in [0.25, 0.3) is 0 Å². The highest BCUT2D eigenvalue weighted by Gasteiger charge is 2.06. The van der Waals surface area contributed by atoms with Crippen LogP contribution in [0.1, 0.15) is 24.7 Å². The van der Waals surface area contributed by atoms with Crippen molar-refractivity contribution in [2.24, 2.45) is 0 Å². The van der Waals surface area contributed by atoms with E-state index >= 15 is 0 Å². The van der Waals surface area contributed by atoms with Crippen LogP contribution in [0.3, 0.4) is 0 Å². The van der Waals surface area contributed by atoms with Crippen LogP contribution in [0.5, 0.6) is 11.6 Å². The highest BCUT2D eigenvalue weighted by molar-refractivity contribution is 5.42. The smallest absolute Gasteiger partial charge is 0.218 e. The zero-order valence-electron chi connectivity index (χ0n) is 12.7. The molecule has 5 nitrogen and oxygen atoms in total. The number of nitrogens with zero attached hydrogens (tertiary/aromatic N) is 2. The number of ether oxygens (including phenoxy) is 2. The molecule has 1 N–H and O–H groups in total. The zero-order valence-corrected chi connectivity index (χ0v) is 12.7. The second kappa shape index (κ2) is 7.47. The molecule has 0 unspecified atom stereocenters. The van der Waals surface area contributed by atoms with Crippen molar-refractivity contribution in [1.29, 1.82) is 0 Å². The van der Waals surface area contributed by atoms with E-state index in [-0.39, 0.29) is 0 Å². The number of aryl methyl sites for hydroxylation is 1. The maximum absolute atomic E-state index is 5.34. The molecular formula is C16H21N3O2. The van der Waals surface area contributed by atoms with E-state index < -0.39 is 0 Å². The van der Waals surface area contributed by atoms with Gasteiger partial charge < -0.3 is 14.8 Å². The Balaban J connectivity index is 2.13. The molecule has 2 rings (SSSR count). The zero-order chi connectivity index (χ0) is 15.1. The molecule has 0 fully saturated rings. The first-order valence-corrected chi connectivity index (χ1v) is 7.04. The van der Waals surface area contributed by atoms with Gasteiger partial charge in [-0.25, -0.2) is 4.98 Å². The van der Waals surface area contributed by atoms with Gasteiger partial charge in [-0.1, -0.05) is 25.1 Å². The lowest BCUT2D eigenvalue weighted by Gasteiger charge is -2.11. The van der Waals surface area contributed by atoms with Crippen molar-refractivity contribution in [3.05, 3.63) is 41.7 Å². The lowest BCUT2D eigenvalue weighted by atomic mass is 10.2. The van der Waals surface area contributed by atoms with E-state index in [0.29, 0.717) is 12.4 Å². The topological polar surface area (TPSA) is 56.3 Å². The van der Waals surface area contributed by atoms with Crippen LogP contribution >= 0.6 is 0 Å². The van der Waals surface area contributed by atoms with Crippen molar-refractivity contribution in [2.75, 3.05) is 19.5 Å². The fourth-order valence-electron chi connectivity index (χ4n) is 2.04. The van der Waals surface area contributed by atoms with Crippen LogP contribution in [0, 0.1) is 0 Å². The Kier molecular flexibility index (Phi) is 5.37. The molecule has 0 saturated carbocycles. The van der Waals surface area contributed by atoms with Gasteiger partial charge in [0.1, 0.15) is 17.4 Å². The van der Waals surface area contributed by atoms with Gasteiger partial charge in [-0.05, 0) is 12.5 Å². The third kappa shape index (κ3) is 4.08. The van der Waals surface area contributed by atoms with E-state index in [1.165, 1.54) is 0 Å². The lowest BCUT2D eigenvalue weighted by Crippen LogP contribution is -2.06. The highest BCUT2D eigenvalue weighted by atomic mass is 16.5. The number of rotatable bonds is 7. The Bertz CT molecular complexity index is 587. The Morgan fingerprint density at radius 1 is 1.10 bits per heavy atom. The first-order valence-electron chi connectivity index (χ1n) is 7.04. The molecule has 0 aliphatic carbocycles. The largest absolute Gasteiger partial charge is 0.496 e. The molecule has 1 heterocycles. The minimum atomic E-state index is 0.580. The minimum Gasteiger partial charge on any atom is -0.496 e. The standard InChI is InChI=1S/C16H21N3O2/c1-4-7-14-18-15(10-16(19-14)21-3)17-11-12-8-5-6-9-13(12)20-2/h5-6,8-10H,4,7,11H2,1-3H3,(H,17,18,19). The summed E-state index contributed by atoms with van der Waals surface area (Å²) in [4.78, 5) is 8.83. The normalized spacial score (nSPS) is 10.2. The third-order valence-electron chi connectivity index (χ3n) is 3.08. The molecule has 0 amide bonds.